The quantitative estimate of drug-likeness (QED) is 0.287. The zero-order chi connectivity index (χ0) is 19.8. The first-order valence-corrected chi connectivity index (χ1v) is 9.31. The van der Waals surface area contributed by atoms with Crippen LogP contribution < -0.4 is 20.1 Å². The van der Waals surface area contributed by atoms with Gasteiger partial charge in [-0.15, -0.1) is 24.0 Å². The number of halogens is 1. The minimum absolute atomic E-state index is 0. The molecular formula is C22H27IN4O2. The molecule has 0 radical (unpaired) electrons. The molecular weight excluding hydrogens is 479 g/mol. The molecule has 0 aliphatic rings. The summed E-state index contributed by atoms with van der Waals surface area (Å²) < 4.78 is 10.7. The van der Waals surface area contributed by atoms with Gasteiger partial charge in [-0.05, 0) is 36.2 Å². The summed E-state index contributed by atoms with van der Waals surface area (Å²) in [6.45, 7) is 4.01. The highest BCUT2D eigenvalue weighted by Crippen LogP contribution is 2.27. The van der Waals surface area contributed by atoms with Gasteiger partial charge in [-0.1, -0.05) is 30.3 Å². The lowest BCUT2D eigenvalue weighted by atomic mass is 10.1. The van der Waals surface area contributed by atoms with Crippen molar-refractivity contribution in [3.05, 3.63) is 65.9 Å². The summed E-state index contributed by atoms with van der Waals surface area (Å²) in [4.78, 5) is 9.20. The second-order valence-corrected chi connectivity index (χ2v) is 6.23. The summed E-state index contributed by atoms with van der Waals surface area (Å²) >= 11 is 0. The van der Waals surface area contributed by atoms with Gasteiger partial charge in [0.25, 0.3) is 0 Å². The van der Waals surface area contributed by atoms with Crippen molar-refractivity contribution in [3.8, 4) is 11.5 Å². The highest BCUT2D eigenvalue weighted by molar-refractivity contribution is 14.0. The van der Waals surface area contributed by atoms with E-state index in [4.69, 9.17) is 9.47 Å². The predicted octanol–water partition coefficient (Wildman–Crippen LogP) is 4.13. The van der Waals surface area contributed by atoms with Gasteiger partial charge in [0.1, 0.15) is 0 Å². The number of rotatable bonds is 7. The third-order valence-corrected chi connectivity index (χ3v) is 4.37. The van der Waals surface area contributed by atoms with Crippen molar-refractivity contribution in [1.82, 2.24) is 15.6 Å². The zero-order valence-corrected chi connectivity index (χ0v) is 19.3. The topological polar surface area (TPSA) is 67.8 Å². The van der Waals surface area contributed by atoms with E-state index in [2.05, 4.69) is 44.9 Å². The van der Waals surface area contributed by atoms with Crippen molar-refractivity contribution in [2.45, 2.75) is 20.0 Å². The van der Waals surface area contributed by atoms with E-state index in [9.17, 15) is 0 Å². The van der Waals surface area contributed by atoms with Crippen LogP contribution in [0.15, 0.2) is 59.7 Å². The first kappa shape index (κ1) is 22.7. The van der Waals surface area contributed by atoms with Crippen molar-refractivity contribution in [3.63, 3.8) is 0 Å². The molecule has 1 heterocycles. The fourth-order valence-electron chi connectivity index (χ4n) is 2.98. The molecule has 2 N–H and O–H groups in total. The lowest BCUT2D eigenvalue weighted by Gasteiger charge is -2.13. The first-order valence-electron chi connectivity index (χ1n) is 9.31. The largest absolute Gasteiger partial charge is 0.493 e. The Balaban J connectivity index is 0.00000300. The van der Waals surface area contributed by atoms with Gasteiger partial charge < -0.3 is 20.1 Å². The van der Waals surface area contributed by atoms with Crippen LogP contribution in [0.5, 0.6) is 11.5 Å². The highest BCUT2D eigenvalue weighted by atomic mass is 127. The molecule has 3 rings (SSSR count). The second-order valence-electron chi connectivity index (χ2n) is 6.23. The maximum atomic E-state index is 5.37. The van der Waals surface area contributed by atoms with Crippen LogP contribution in [-0.4, -0.2) is 31.7 Å². The van der Waals surface area contributed by atoms with E-state index in [1.165, 1.54) is 0 Å². The van der Waals surface area contributed by atoms with E-state index in [-0.39, 0.29) is 24.0 Å². The molecule has 154 valence electrons. The van der Waals surface area contributed by atoms with Gasteiger partial charge in [-0.3, -0.25) is 4.98 Å². The summed E-state index contributed by atoms with van der Waals surface area (Å²) in [5.74, 6) is 2.17. The molecule has 29 heavy (non-hydrogen) atoms. The summed E-state index contributed by atoms with van der Waals surface area (Å²) in [6.07, 6.45) is 1.82. The number of hydrogen-bond donors (Lipinski definition) is 2. The van der Waals surface area contributed by atoms with E-state index in [1.54, 1.807) is 14.2 Å². The van der Waals surface area contributed by atoms with Gasteiger partial charge in [0, 0.05) is 24.7 Å². The summed E-state index contributed by atoms with van der Waals surface area (Å²) in [7, 11) is 3.26. The molecule has 0 bridgehead atoms. The molecule has 3 aromatic rings. The standard InChI is InChI=1S/C22H26N4O2.HI/c1-4-23-22(25-14-16-10-11-19(27-2)20(13-16)28-3)26-15-18-8-5-7-17-9-6-12-24-21(17)18;/h5-13H,4,14-15H2,1-3H3,(H2,23,25,26);1H. The normalized spacial score (nSPS) is 10.9. The molecule has 6 nitrogen and oxygen atoms in total. The van der Waals surface area contributed by atoms with Crippen LogP contribution in [0.2, 0.25) is 0 Å². The Hall–Kier alpha value is -2.55. The molecule has 0 amide bonds. The minimum Gasteiger partial charge on any atom is -0.493 e. The molecule has 1 aromatic heterocycles. The first-order chi connectivity index (χ1) is 13.7. The van der Waals surface area contributed by atoms with Crippen molar-refractivity contribution in [1.29, 1.82) is 0 Å². The van der Waals surface area contributed by atoms with Crippen LogP contribution in [0.3, 0.4) is 0 Å². The van der Waals surface area contributed by atoms with Crippen molar-refractivity contribution in [2.24, 2.45) is 4.99 Å². The van der Waals surface area contributed by atoms with Gasteiger partial charge >= 0.3 is 0 Å². The van der Waals surface area contributed by atoms with Crippen molar-refractivity contribution in [2.75, 3.05) is 20.8 Å². The Kier molecular flexibility index (Phi) is 8.98. The smallest absolute Gasteiger partial charge is 0.191 e. The number of methoxy groups -OCH3 is 2. The van der Waals surface area contributed by atoms with Crippen LogP contribution in [-0.2, 0) is 13.1 Å². The van der Waals surface area contributed by atoms with Gasteiger partial charge in [-0.25, -0.2) is 4.99 Å². The molecule has 0 aliphatic carbocycles. The third-order valence-electron chi connectivity index (χ3n) is 4.37. The number of aromatic nitrogens is 1. The van der Waals surface area contributed by atoms with Crippen molar-refractivity contribution < 1.29 is 9.47 Å². The van der Waals surface area contributed by atoms with Crippen molar-refractivity contribution >= 4 is 40.8 Å². The molecule has 7 heteroatoms. The average molecular weight is 506 g/mol. The Labute approximate surface area is 188 Å². The number of guanidine groups is 1. The number of fused-ring (bicyclic) bond motifs is 1. The number of nitrogens with one attached hydrogen (secondary N) is 2. The number of aliphatic imine (C=N–C) groups is 1. The average Bonchev–Trinajstić information content (AvgIpc) is 2.75. The lowest BCUT2D eigenvalue weighted by molar-refractivity contribution is 0.354. The molecule has 0 atom stereocenters. The van der Waals surface area contributed by atoms with E-state index in [1.807, 2.05) is 37.4 Å². The summed E-state index contributed by atoms with van der Waals surface area (Å²) in [5.41, 5.74) is 3.18. The molecule has 0 fully saturated rings. The lowest BCUT2D eigenvalue weighted by Crippen LogP contribution is -2.36. The molecule has 0 unspecified atom stereocenters. The molecule has 0 spiro atoms. The molecule has 0 saturated carbocycles. The Morgan fingerprint density at radius 2 is 1.79 bits per heavy atom. The predicted molar refractivity (Wildman–Crippen MR) is 128 cm³/mol. The molecule has 0 saturated heterocycles. The number of para-hydroxylation sites is 1. The summed E-state index contributed by atoms with van der Waals surface area (Å²) in [6, 6.07) is 16.1. The molecule has 2 aromatic carbocycles. The Morgan fingerprint density at radius 1 is 1.00 bits per heavy atom. The molecule has 0 aliphatic heterocycles. The number of nitrogens with zero attached hydrogens (tertiary/aromatic N) is 2. The van der Waals surface area contributed by atoms with Gasteiger partial charge in [0.2, 0.25) is 0 Å². The SMILES string of the molecule is CCNC(=NCc1ccc(OC)c(OC)c1)NCc1cccc2cccnc12.I. The second kappa shape index (κ2) is 11.5. The van der Waals surface area contributed by atoms with Gasteiger partial charge in [-0.2, -0.15) is 0 Å². The Morgan fingerprint density at radius 3 is 2.55 bits per heavy atom. The zero-order valence-electron chi connectivity index (χ0n) is 16.9. The van der Waals surface area contributed by atoms with E-state index < -0.39 is 0 Å². The number of hydrogen-bond acceptors (Lipinski definition) is 4. The minimum atomic E-state index is 0. The fourth-order valence-corrected chi connectivity index (χ4v) is 2.98. The van der Waals surface area contributed by atoms with Crippen LogP contribution in [0.1, 0.15) is 18.1 Å². The van der Waals surface area contributed by atoms with E-state index >= 15 is 0 Å². The third kappa shape index (κ3) is 5.96. The van der Waals surface area contributed by atoms with Gasteiger partial charge in [0.15, 0.2) is 17.5 Å². The van der Waals surface area contributed by atoms with Crippen LogP contribution in [0, 0.1) is 0 Å². The van der Waals surface area contributed by atoms with Gasteiger partial charge in [0.05, 0.1) is 26.3 Å². The van der Waals surface area contributed by atoms with Crippen LogP contribution in [0.4, 0.5) is 0 Å². The number of pyridine rings is 1. The number of ether oxygens (including phenoxy) is 2. The van der Waals surface area contributed by atoms with E-state index in [0.717, 1.165) is 34.5 Å². The maximum Gasteiger partial charge on any atom is 0.191 e. The Bertz CT molecular complexity index is 957. The summed E-state index contributed by atoms with van der Waals surface area (Å²) in [5, 5.41) is 7.81. The fraction of sp³-hybridized carbons (Fsp3) is 0.273. The maximum absolute atomic E-state index is 5.37. The van der Waals surface area contributed by atoms with E-state index in [0.29, 0.717) is 24.6 Å². The van der Waals surface area contributed by atoms with Crippen LogP contribution in [0.25, 0.3) is 10.9 Å². The van der Waals surface area contributed by atoms with Crippen LogP contribution >= 0.6 is 24.0 Å². The highest BCUT2D eigenvalue weighted by Gasteiger charge is 2.06. The number of benzene rings is 2. The monoisotopic (exact) mass is 506 g/mol.